The van der Waals surface area contributed by atoms with Crippen molar-refractivity contribution in [3.8, 4) is 5.88 Å². The molecule has 2 heterocycles. The predicted octanol–water partition coefficient (Wildman–Crippen LogP) is 2.76. The number of esters is 1. The van der Waals surface area contributed by atoms with Crippen LogP contribution in [0.1, 0.15) is 32.3 Å². The van der Waals surface area contributed by atoms with Gasteiger partial charge in [0.1, 0.15) is 0 Å². The van der Waals surface area contributed by atoms with Crippen LogP contribution in [-0.2, 0) is 16.1 Å². The average Bonchev–Trinajstić information content (AvgIpc) is 2.69. The van der Waals surface area contributed by atoms with Crippen molar-refractivity contribution in [2.24, 2.45) is 10.9 Å². The van der Waals surface area contributed by atoms with E-state index in [1.54, 1.807) is 13.0 Å². The van der Waals surface area contributed by atoms with E-state index in [1.165, 1.54) is 12.3 Å². The van der Waals surface area contributed by atoms with Crippen LogP contribution in [0.2, 0.25) is 0 Å². The molecule has 1 atom stereocenters. The number of alkyl halides is 3. The highest BCUT2D eigenvalue weighted by atomic mass is 19.4. The first kappa shape index (κ1) is 22.8. The molecular weight excluding hydrogens is 389 g/mol. The van der Waals surface area contributed by atoms with E-state index in [9.17, 15) is 18.0 Å². The SMILES string of the molecule is CCNC(=NCc1ccnc(OCC(F)(F)F)c1)N1CCCC(C(=O)OCC)C1. The Kier molecular flexibility index (Phi) is 8.53. The molecule has 1 aliphatic heterocycles. The van der Waals surface area contributed by atoms with Gasteiger partial charge in [0.2, 0.25) is 5.88 Å². The van der Waals surface area contributed by atoms with E-state index in [4.69, 9.17) is 4.74 Å². The summed E-state index contributed by atoms with van der Waals surface area (Å²) in [6.45, 7) is 4.86. The number of halogens is 3. The van der Waals surface area contributed by atoms with Crippen LogP contribution in [0.15, 0.2) is 23.3 Å². The summed E-state index contributed by atoms with van der Waals surface area (Å²) in [6, 6.07) is 3.11. The Morgan fingerprint density at radius 2 is 2.21 bits per heavy atom. The number of aliphatic imine (C=N–C) groups is 1. The zero-order valence-electron chi connectivity index (χ0n) is 16.7. The first-order chi connectivity index (χ1) is 13.8. The van der Waals surface area contributed by atoms with E-state index < -0.39 is 12.8 Å². The maximum atomic E-state index is 12.3. The molecule has 10 heteroatoms. The molecule has 0 aliphatic carbocycles. The van der Waals surface area contributed by atoms with Crippen molar-refractivity contribution in [2.75, 3.05) is 32.8 Å². The number of piperidine rings is 1. The first-order valence-electron chi connectivity index (χ1n) is 9.66. The van der Waals surface area contributed by atoms with Gasteiger partial charge in [-0.05, 0) is 38.3 Å². The zero-order chi connectivity index (χ0) is 21.3. The molecule has 162 valence electrons. The number of rotatable bonds is 7. The van der Waals surface area contributed by atoms with Crippen molar-refractivity contribution < 1.29 is 27.4 Å². The van der Waals surface area contributed by atoms with E-state index in [0.717, 1.165) is 19.4 Å². The van der Waals surface area contributed by atoms with Gasteiger partial charge in [-0.15, -0.1) is 0 Å². The number of likely N-dealkylation sites (tertiary alicyclic amines) is 1. The number of nitrogens with zero attached hydrogens (tertiary/aromatic N) is 3. The first-order valence-corrected chi connectivity index (χ1v) is 9.66. The lowest BCUT2D eigenvalue weighted by Crippen LogP contribution is -2.48. The third kappa shape index (κ3) is 7.78. The molecule has 29 heavy (non-hydrogen) atoms. The van der Waals surface area contributed by atoms with Crippen molar-refractivity contribution in [1.29, 1.82) is 0 Å². The second-order valence-electron chi connectivity index (χ2n) is 6.61. The highest BCUT2D eigenvalue weighted by Gasteiger charge is 2.29. The summed E-state index contributed by atoms with van der Waals surface area (Å²) in [4.78, 5) is 22.4. The second-order valence-corrected chi connectivity index (χ2v) is 6.61. The van der Waals surface area contributed by atoms with Crippen molar-refractivity contribution >= 4 is 11.9 Å². The number of aromatic nitrogens is 1. The Labute approximate surface area is 168 Å². The Morgan fingerprint density at radius 1 is 1.41 bits per heavy atom. The summed E-state index contributed by atoms with van der Waals surface area (Å²) in [5, 5.41) is 3.20. The minimum atomic E-state index is -4.42. The number of nitrogens with one attached hydrogen (secondary N) is 1. The number of guanidine groups is 1. The van der Waals surface area contributed by atoms with Crippen LogP contribution >= 0.6 is 0 Å². The lowest BCUT2D eigenvalue weighted by atomic mass is 9.98. The van der Waals surface area contributed by atoms with Gasteiger partial charge in [-0.3, -0.25) is 4.79 Å². The zero-order valence-corrected chi connectivity index (χ0v) is 16.7. The second kappa shape index (κ2) is 10.9. The van der Waals surface area contributed by atoms with Gasteiger partial charge < -0.3 is 19.7 Å². The van der Waals surface area contributed by atoms with Crippen LogP contribution in [0.3, 0.4) is 0 Å². The van der Waals surface area contributed by atoms with Crippen LogP contribution in [0.4, 0.5) is 13.2 Å². The van der Waals surface area contributed by atoms with Gasteiger partial charge in [0, 0.05) is 31.9 Å². The van der Waals surface area contributed by atoms with Gasteiger partial charge in [-0.25, -0.2) is 9.98 Å². The quantitative estimate of drug-likeness (QED) is 0.419. The van der Waals surface area contributed by atoms with Crippen molar-refractivity contribution in [1.82, 2.24) is 15.2 Å². The monoisotopic (exact) mass is 416 g/mol. The smallest absolute Gasteiger partial charge is 0.422 e. The van der Waals surface area contributed by atoms with Crippen molar-refractivity contribution in [2.45, 2.75) is 39.4 Å². The van der Waals surface area contributed by atoms with Crippen LogP contribution < -0.4 is 10.1 Å². The molecule has 1 N–H and O–H groups in total. The summed E-state index contributed by atoms with van der Waals surface area (Å²) in [5.74, 6) is 0.154. The number of hydrogen-bond donors (Lipinski definition) is 1. The van der Waals surface area contributed by atoms with Crippen LogP contribution in [0.25, 0.3) is 0 Å². The van der Waals surface area contributed by atoms with Crippen LogP contribution in [-0.4, -0.2) is 60.8 Å². The molecule has 0 bridgehead atoms. The molecule has 0 saturated carbocycles. The van der Waals surface area contributed by atoms with Crippen molar-refractivity contribution in [3.63, 3.8) is 0 Å². The highest BCUT2D eigenvalue weighted by molar-refractivity contribution is 5.81. The highest BCUT2D eigenvalue weighted by Crippen LogP contribution is 2.20. The minimum absolute atomic E-state index is 0.0969. The van der Waals surface area contributed by atoms with E-state index in [2.05, 4.69) is 20.0 Å². The number of pyridine rings is 1. The number of carbonyl (C=O) groups excluding carboxylic acids is 1. The molecule has 1 fully saturated rings. The fourth-order valence-corrected chi connectivity index (χ4v) is 3.00. The molecule has 1 unspecified atom stereocenters. The molecule has 2 rings (SSSR count). The number of carbonyl (C=O) groups is 1. The molecule has 1 saturated heterocycles. The Bertz CT molecular complexity index is 698. The summed E-state index contributed by atoms with van der Waals surface area (Å²) in [6.07, 6.45) is -1.41. The van der Waals surface area contributed by atoms with Gasteiger partial charge in [0.15, 0.2) is 12.6 Å². The predicted molar refractivity (Wildman–Crippen MR) is 102 cm³/mol. The molecule has 0 radical (unpaired) electrons. The Morgan fingerprint density at radius 3 is 2.90 bits per heavy atom. The molecule has 1 aromatic rings. The van der Waals surface area contributed by atoms with E-state index >= 15 is 0 Å². The van der Waals surface area contributed by atoms with E-state index in [1.807, 2.05) is 11.8 Å². The summed E-state index contributed by atoms with van der Waals surface area (Å²) >= 11 is 0. The fraction of sp³-hybridized carbons (Fsp3) is 0.632. The molecule has 0 aromatic carbocycles. The molecule has 7 nitrogen and oxygen atoms in total. The minimum Gasteiger partial charge on any atom is -0.468 e. The third-order valence-corrected chi connectivity index (χ3v) is 4.27. The molecular formula is C19H27F3N4O3. The Balaban J connectivity index is 2.04. The van der Waals surface area contributed by atoms with Crippen LogP contribution in [0, 0.1) is 5.92 Å². The maximum absolute atomic E-state index is 12.3. The fourth-order valence-electron chi connectivity index (χ4n) is 3.00. The normalized spacial score (nSPS) is 17.8. The van der Waals surface area contributed by atoms with Gasteiger partial charge >= 0.3 is 12.1 Å². The Hall–Kier alpha value is -2.52. The summed E-state index contributed by atoms with van der Waals surface area (Å²) in [7, 11) is 0. The third-order valence-electron chi connectivity index (χ3n) is 4.27. The summed E-state index contributed by atoms with van der Waals surface area (Å²) in [5.41, 5.74) is 0.673. The van der Waals surface area contributed by atoms with Gasteiger partial charge in [0.05, 0.1) is 19.1 Å². The largest absolute Gasteiger partial charge is 0.468 e. The lowest BCUT2D eigenvalue weighted by Gasteiger charge is -2.34. The topological polar surface area (TPSA) is 76.1 Å². The average molecular weight is 416 g/mol. The van der Waals surface area contributed by atoms with Crippen molar-refractivity contribution in [3.05, 3.63) is 23.9 Å². The standard InChI is InChI=1S/C19H27F3N4O3/c1-3-23-18(26-9-5-6-15(12-26)17(27)28-4-2)25-11-14-7-8-24-16(10-14)29-13-19(20,21)22/h7-8,10,15H,3-6,9,11-13H2,1-2H3,(H,23,25). The van der Waals surface area contributed by atoms with Crippen LogP contribution in [0.5, 0.6) is 5.88 Å². The van der Waals surface area contributed by atoms with Gasteiger partial charge in [0.25, 0.3) is 0 Å². The van der Waals surface area contributed by atoms with E-state index in [0.29, 0.717) is 31.2 Å². The van der Waals surface area contributed by atoms with Gasteiger partial charge in [-0.1, -0.05) is 0 Å². The molecule has 1 aliphatic rings. The molecule has 0 amide bonds. The molecule has 1 aromatic heterocycles. The molecule has 0 spiro atoms. The number of hydrogen-bond acceptors (Lipinski definition) is 5. The lowest BCUT2D eigenvalue weighted by molar-refractivity contribution is -0.154. The number of ether oxygens (including phenoxy) is 2. The summed E-state index contributed by atoms with van der Waals surface area (Å²) < 4.78 is 46.7. The van der Waals surface area contributed by atoms with E-state index in [-0.39, 0.29) is 24.3 Å². The van der Waals surface area contributed by atoms with Gasteiger partial charge in [-0.2, -0.15) is 13.2 Å². The maximum Gasteiger partial charge on any atom is 0.422 e.